The minimum absolute atomic E-state index is 0. The average molecular weight is 1700 g/mol. The van der Waals surface area contributed by atoms with Crippen LogP contribution < -0.4 is 0 Å². The van der Waals surface area contributed by atoms with Crippen LogP contribution in [-0.2, 0) is 42.2 Å². The molecule has 0 aliphatic carbocycles. The molecule has 2 nitrogen and oxygen atoms in total. The topological polar surface area (TPSA) is 25.3 Å². The molecule has 0 spiro atoms. The van der Waals surface area contributed by atoms with E-state index in [4.69, 9.17) is 0 Å². The van der Waals surface area contributed by atoms with Gasteiger partial charge in [0.15, 0.2) is 0 Å². The Hall–Kier alpha value is -1.99. The molecule has 119 heavy (non-hydrogen) atoms. The van der Waals surface area contributed by atoms with Crippen LogP contribution in [0.1, 0.15) is 641 Å². The van der Waals surface area contributed by atoms with E-state index >= 15 is 0 Å². The minimum atomic E-state index is 0. The molecule has 2 aromatic rings. The molecule has 0 unspecified atom stereocenters. The zero-order valence-corrected chi connectivity index (χ0v) is 83.7. The first-order valence-electron chi connectivity index (χ1n) is 55.1. The Kier molecular flexibility index (Phi) is 93.5. The summed E-state index contributed by atoms with van der Waals surface area (Å²) in [7, 11) is 0. The largest absolute Gasteiger partial charge is 2.00 e. The van der Waals surface area contributed by atoms with Crippen LogP contribution in [-0.4, -0.2) is 4.70 Å². The fourth-order valence-corrected chi connectivity index (χ4v) is 18.7. The van der Waals surface area contributed by atoms with Crippen molar-refractivity contribution in [3.63, 3.8) is 0 Å². The molecule has 698 valence electrons. The van der Waals surface area contributed by atoms with Crippen LogP contribution in [0.3, 0.4) is 0 Å². The maximum Gasteiger partial charge on any atom is 2.00 e. The first kappa shape index (κ1) is 117. The third kappa shape index (κ3) is 72.7. The van der Waals surface area contributed by atoms with Gasteiger partial charge in [-0.1, -0.05) is 556 Å². The van der Waals surface area contributed by atoms with Crippen molar-refractivity contribution in [3.8, 4) is 0 Å². The molecule has 0 atom stereocenters. The predicted octanol–water partition coefficient (Wildman–Crippen LogP) is 42.4. The van der Waals surface area contributed by atoms with Crippen molar-refractivity contribution in [3.05, 3.63) is 100 Å². The van der Waals surface area contributed by atoms with Crippen LogP contribution in [0.5, 0.6) is 0 Å². The van der Waals surface area contributed by atoms with Crippen LogP contribution in [0.15, 0.2) is 47.5 Å². The molecule has 0 radical (unpaired) electrons. The van der Waals surface area contributed by atoms with Crippen molar-refractivity contribution in [1.29, 1.82) is 0 Å². The SMILES string of the molecule is CCCCCCCCCCCCCCCCc1cc(CCCCCCCC)cc(C2=C(CCCC)C(CCCCCC)=C(c3cc(CCCCCCCC)cc(CCCCCCCCCCCCCCCC)c3)[N+]2=[N-])c1.[CH2-]CCCCCCCCCCCCCCCCCCCC.[CH2-]CCCCCCCCCCCCCCCCCCCC.[Ni+2]. The van der Waals surface area contributed by atoms with E-state index < -0.39 is 0 Å². The Labute approximate surface area is 761 Å². The van der Waals surface area contributed by atoms with Crippen molar-refractivity contribution in [2.45, 2.75) is 633 Å². The van der Waals surface area contributed by atoms with E-state index in [1.54, 1.807) is 4.70 Å². The minimum Gasteiger partial charge on any atom is -0.493 e. The number of aryl methyl sites for hydroxylation is 4. The van der Waals surface area contributed by atoms with Gasteiger partial charge >= 0.3 is 16.5 Å². The second-order valence-corrected chi connectivity index (χ2v) is 38.4. The van der Waals surface area contributed by atoms with Gasteiger partial charge in [0, 0.05) is 22.3 Å². The Morgan fingerprint density at radius 1 is 0.176 bits per heavy atom. The monoisotopic (exact) mass is 1690 g/mol. The number of hydrogen-bond acceptors (Lipinski definition) is 0. The first-order valence-corrected chi connectivity index (χ1v) is 55.1. The Morgan fingerprint density at radius 3 is 0.479 bits per heavy atom. The maximum absolute atomic E-state index is 13.1. The van der Waals surface area contributed by atoms with E-state index in [2.05, 4.69) is 106 Å². The van der Waals surface area contributed by atoms with Gasteiger partial charge in [0.2, 0.25) is 11.4 Å². The van der Waals surface area contributed by atoms with Gasteiger partial charge in [-0.2, -0.15) is 12.8 Å². The molecule has 0 amide bonds. The molecule has 0 saturated carbocycles. The van der Waals surface area contributed by atoms with Crippen molar-refractivity contribution in [2.75, 3.05) is 0 Å². The maximum atomic E-state index is 13.1. The summed E-state index contributed by atoms with van der Waals surface area (Å²) in [6.07, 6.45) is 124. The summed E-state index contributed by atoms with van der Waals surface area (Å²) in [4.78, 5) is 0. The van der Waals surface area contributed by atoms with Crippen molar-refractivity contribution < 1.29 is 21.2 Å². The molecule has 2 aromatic carbocycles. The Morgan fingerprint density at radius 2 is 0.311 bits per heavy atom. The van der Waals surface area contributed by atoms with Gasteiger partial charge in [-0.25, -0.2) is 4.70 Å². The third-order valence-corrected chi connectivity index (χ3v) is 26.6. The van der Waals surface area contributed by atoms with Gasteiger partial charge in [-0.05, 0) is 124 Å². The van der Waals surface area contributed by atoms with Gasteiger partial charge < -0.3 is 19.4 Å². The van der Waals surface area contributed by atoms with E-state index in [-0.39, 0.29) is 16.5 Å². The Balaban J connectivity index is 0.00000262. The summed E-state index contributed by atoms with van der Waals surface area (Å²) in [5, 5.41) is 0. The molecular formula is C116H214N2Ni. The molecule has 0 aromatic heterocycles. The summed E-state index contributed by atoms with van der Waals surface area (Å²) >= 11 is 0. The quantitative estimate of drug-likeness (QED) is 0.0273. The van der Waals surface area contributed by atoms with Crippen LogP contribution >= 0.6 is 0 Å². The average Bonchev–Trinajstić information content (AvgIpc) is 1.60. The second kappa shape index (κ2) is 95.1. The molecule has 0 saturated heterocycles. The number of benzene rings is 2. The van der Waals surface area contributed by atoms with Gasteiger partial charge in [0.05, 0.1) is 0 Å². The van der Waals surface area contributed by atoms with Gasteiger partial charge in [0.25, 0.3) is 0 Å². The summed E-state index contributed by atoms with van der Waals surface area (Å²) in [6.45, 7) is 26.4. The number of hydrogen-bond donors (Lipinski definition) is 0. The third-order valence-electron chi connectivity index (χ3n) is 26.6. The van der Waals surface area contributed by atoms with Gasteiger partial charge in [-0.3, -0.25) is 0 Å². The summed E-state index contributed by atoms with van der Waals surface area (Å²) in [5.41, 5.74) is 26.7. The molecular weight excluding hydrogens is 1480 g/mol. The fourth-order valence-electron chi connectivity index (χ4n) is 18.7. The zero-order valence-electron chi connectivity index (χ0n) is 82.7. The summed E-state index contributed by atoms with van der Waals surface area (Å²) in [6, 6.07) is 15.2. The molecule has 3 rings (SSSR count). The van der Waals surface area contributed by atoms with Crippen LogP contribution in [0.25, 0.3) is 16.9 Å². The summed E-state index contributed by atoms with van der Waals surface area (Å²) in [5.74, 6) is 0. The predicted molar refractivity (Wildman–Crippen MR) is 538 cm³/mol. The Bertz CT molecular complexity index is 2370. The number of rotatable bonds is 90. The zero-order chi connectivity index (χ0) is 85.2. The number of unbranched alkanes of at least 4 members (excludes halogenated alkanes) is 76. The molecule has 3 heteroatoms. The van der Waals surface area contributed by atoms with Crippen LogP contribution in [0.2, 0.25) is 0 Å². The van der Waals surface area contributed by atoms with Crippen molar-refractivity contribution in [2.24, 2.45) is 0 Å². The fraction of sp³-hybridized carbons (Fsp3) is 0.845. The van der Waals surface area contributed by atoms with Gasteiger partial charge in [0.1, 0.15) is 0 Å². The van der Waals surface area contributed by atoms with E-state index in [9.17, 15) is 5.53 Å². The second-order valence-electron chi connectivity index (χ2n) is 38.4. The number of nitrogens with zero attached hydrogens (tertiary/aromatic N) is 2. The van der Waals surface area contributed by atoms with E-state index in [1.807, 2.05) is 0 Å². The normalized spacial score (nSPS) is 12.2. The number of allylic oxidation sites excluding steroid dienone is 2. The molecule has 0 fully saturated rings. The molecule has 1 heterocycles. The molecule has 0 N–H and O–H groups in total. The summed E-state index contributed by atoms with van der Waals surface area (Å²) < 4.78 is 1.75. The van der Waals surface area contributed by atoms with E-state index in [0.717, 1.165) is 69.2 Å². The molecule has 0 bridgehead atoms. The van der Waals surface area contributed by atoms with Crippen molar-refractivity contribution >= 4 is 11.4 Å². The first-order chi connectivity index (χ1) is 58.3. The smallest absolute Gasteiger partial charge is 0.493 e. The van der Waals surface area contributed by atoms with E-state index in [0.29, 0.717) is 0 Å². The van der Waals surface area contributed by atoms with Crippen LogP contribution in [0, 0.1) is 13.8 Å². The standard InChI is InChI=1S/C74H128N2.2C21H43.Ni/c1-7-13-19-24-28-30-32-34-36-38-40-42-46-50-55-67-59-65(53-48-44-26-21-15-9-3)61-69(62-67)73-71(57-18-12-6)72(58-52-23-17-11-5)74(76(73)75)70-63-66(54-49-45-27-22-16-10-4)60-68(64-70)56-51-47-43-41-39-37-35-33-31-29-25-20-14-8-2;2*1-3-5-7-9-11-13-15-17-19-21-20-18-16-14-12-10-8-6-4-2;/h59-64H,7-58H2,1-6H3;2*1,3-21H2,2H3;/q;2*-1;+2. The van der Waals surface area contributed by atoms with E-state index in [1.165, 1.54) is 565 Å². The molecule has 1 aliphatic rings. The molecule has 1 aliphatic heterocycles. The van der Waals surface area contributed by atoms with Crippen molar-refractivity contribution in [1.82, 2.24) is 0 Å². The van der Waals surface area contributed by atoms with Gasteiger partial charge in [-0.15, -0.1) is 0 Å². The van der Waals surface area contributed by atoms with Crippen LogP contribution in [0.4, 0.5) is 0 Å².